The molecule has 0 saturated carbocycles. The molecular formula is C16H20N4O4S. The Morgan fingerprint density at radius 3 is 2.84 bits per heavy atom. The molecule has 25 heavy (non-hydrogen) atoms. The number of aromatic nitrogens is 2. The number of ether oxygens (including phenoxy) is 1. The number of imidazole rings is 1. The van der Waals surface area contributed by atoms with Gasteiger partial charge in [0.15, 0.2) is 6.61 Å². The minimum atomic E-state index is -3.30. The predicted octanol–water partition coefficient (Wildman–Crippen LogP) is 0.395. The molecule has 1 amide bonds. The van der Waals surface area contributed by atoms with Crippen molar-refractivity contribution in [1.82, 2.24) is 19.2 Å². The summed E-state index contributed by atoms with van der Waals surface area (Å²) in [7, 11) is -3.30. The van der Waals surface area contributed by atoms with Crippen molar-refractivity contribution in [2.45, 2.75) is 12.6 Å². The van der Waals surface area contributed by atoms with E-state index in [4.69, 9.17) is 4.74 Å². The first-order valence-corrected chi connectivity index (χ1v) is 9.72. The molecule has 1 unspecified atom stereocenters. The molecule has 1 aromatic carbocycles. The van der Waals surface area contributed by atoms with Crippen LogP contribution in [0.2, 0.25) is 0 Å². The molecule has 1 N–H and O–H groups in total. The summed E-state index contributed by atoms with van der Waals surface area (Å²) in [5.41, 5.74) is 0.861. The summed E-state index contributed by atoms with van der Waals surface area (Å²) in [5.74, 6) is 0.480. The van der Waals surface area contributed by atoms with Crippen molar-refractivity contribution >= 4 is 15.9 Å². The number of carbonyl (C=O) groups is 1. The maximum atomic E-state index is 12.5. The van der Waals surface area contributed by atoms with Gasteiger partial charge in [-0.2, -0.15) is 0 Å². The van der Waals surface area contributed by atoms with Crippen LogP contribution in [0.5, 0.6) is 5.75 Å². The molecule has 3 rings (SSSR count). The summed E-state index contributed by atoms with van der Waals surface area (Å²) in [6.07, 6.45) is 4.46. The Balaban J connectivity index is 1.65. The second kappa shape index (κ2) is 7.24. The van der Waals surface area contributed by atoms with Crippen molar-refractivity contribution in [3.63, 3.8) is 0 Å². The van der Waals surface area contributed by atoms with Gasteiger partial charge in [0.25, 0.3) is 5.91 Å². The molecule has 8 nitrogen and oxygen atoms in total. The molecule has 0 spiro atoms. The molecule has 0 fully saturated rings. The first kappa shape index (κ1) is 17.4. The van der Waals surface area contributed by atoms with Crippen molar-refractivity contribution in [2.24, 2.45) is 0 Å². The van der Waals surface area contributed by atoms with Crippen molar-refractivity contribution < 1.29 is 17.9 Å². The molecule has 2 heterocycles. The molecule has 2 aromatic rings. The Kier molecular flexibility index (Phi) is 5.05. The van der Waals surface area contributed by atoms with E-state index < -0.39 is 10.0 Å². The van der Waals surface area contributed by atoms with Gasteiger partial charge in [0, 0.05) is 19.3 Å². The topological polar surface area (TPSA) is 93.5 Å². The normalized spacial score (nSPS) is 17.2. The highest BCUT2D eigenvalue weighted by atomic mass is 32.2. The summed E-state index contributed by atoms with van der Waals surface area (Å²) in [6.45, 7) is 0.950. The molecule has 0 saturated heterocycles. The quantitative estimate of drug-likeness (QED) is 0.801. The number of nitrogens with one attached hydrogen (secondary N) is 1. The maximum absolute atomic E-state index is 12.5. The van der Waals surface area contributed by atoms with E-state index in [2.05, 4.69) is 9.71 Å². The van der Waals surface area contributed by atoms with Gasteiger partial charge in [-0.25, -0.2) is 18.1 Å². The van der Waals surface area contributed by atoms with Crippen molar-refractivity contribution in [1.29, 1.82) is 0 Å². The standard InChI is InChI=1S/C16H20N4O4S/c1-25(22,23)18-8-14-10-19(9-13-7-17-12-20(13)14)16(21)11-24-15-5-3-2-4-6-15/h2-7,12,14,18H,8-11H2,1H3. The number of amides is 1. The molecule has 134 valence electrons. The third kappa shape index (κ3) is 4.58. The lowest BCUT2D eigenvalue weighted by Gasteiger charge is -2.34. The number of benzene rings is 1. The number of fused-ring (bicyclic) bond motifs is 1. The van der Waals surface area contributed by atoms with Crippen LogP contribution in [0.4, 0.5) is 0 Å². The number of para-hydroxylation sites is 1. The van der Waals surface area contributed by atoms with E-state index in [1.165, 1.54) is 0 Å². The van der Waals surface area contributed by atoms with E-state index in [-0.39, 0.29) is 25.1 Å². The van der Waals surface area contributed by atoms with Gasteiger partial charge in [0.1, 0.15) is 5.75 Å². The van der Waals surface area contributed by atoms with Gasteiger partial charge in [0.05, 0.1) is 30.9 Å². The fourth-order valence-corrected chi connectivity index (χ4v) is 3.23. The number of rotatable bonds is 6. The summed E-state index contributed by atoms with van der Waals surface area (Å²) >= 11 is 0. The molecule has 0 bridgehead atoms. The lowest BCUT2D eigenvalue weighted by Crippen LogP contribution is -2.46. The Morgan fingerprint density at radius 2 is 2.12 bits per heavy atom. The summed E-state index contributed by atoms with van der Waals surface area (Å²) < 4.78 is 32.6. The van der Waals surface area contributed by atoms with Crippen LogP contribution in [0, 0.1) is 0 Å². The van der Waals surface area contributed by atoms with Crippen LogP contribution in [0.1, 0.15) is 11.7 Å². The number of hydrogen-bond acceptors (Lipinski definition) is 5. The Bertz CT molecular complexity index is 835. The van der Waals surface area contributed by atoms with E-state index >= 15 is 0 Å². The number of nitrogens with zero attached hydrogens (tertiary/aromatic N) is 3. The monoisotopic (exact) mass is 364 g/mol. The minimum Gasteiger partial charge on any atom is -0.484 e. The number of carbonyl (C=O) groups excluding carboxylic acids is 1. The zero-order valence-corrected chi connectivity index (χ0v) is 14.6. The van der Waals surface area contributed by atoms with Crippen LogP contribution < -0.4 is 9.46 Å². The molecule has 1 aliphatic rings. The highest BCUT2D eigenvalue weighted by molar-refractivity contribution is 7.88. The van der Waals surface area contributed by atoms with Crippen LogP contribution >= 0.6 is 0 Å². The van der Waals surface area contributed by atoms with Gasteiger partial charge in [0.2, 0.25) is 10.0 Å². The average Bonchev–Trinajstić information content (AvgIpc) is 3.06. The predicted molar refractivity (Wildman–Crippen MR) is 91.5 cm³/mol. The number of hydrogen-bond donors (Lipinski definition) is 1. The molecule has 0 aliphatic carbocycles. The van der Waals surface area contributed by atoms with Crippen LogP contribution in [0.3, 0.4) is 0 Å². The van der Waals surface area contributed by atoms with E-state index in [0.29, 0.717) is 18.8 Å². The van der Waals surface area contributed by atoms with E-state index in [1.54, 1.807) is 29.6 Å². The van der Waals surface area contributed by atoms with Crippen molar-refractivity contribution in [2.75, 3.05) is 26.0 Å². The Hall–Kier alpha value is -2.39. The zero-order chi connectivity index (χ0) is 17.9. The fourth-order valence-electron chi connectivity index (χ4n) is 2.74. The maximum Gasteiger partial charge on any atom is 0.260 e. The van der Waals surface area contributed by atoms with Crippen LogP contribution in [0.15, 0.2) is 42.9 Å². The molecule has 0 radical (unpaired) electrons. The summed E-state index contributed by atoms with van der Waals surface area (Å²) in [5, 5.41) is 0. The van der Waals surface area contributed by atoms with Gasteiger partial charge in [-0.1, -0.05) is 18.2 Å². The fraction of sp³-hybridized carbons (Fsp3) is 0.375. The highest BCUT2D eigenvalue weighted by Crippen LogP contribution is 2.21. The number of sulfonamides is 1. The zero-order valence-electron chi connectivity index (χ0n) is 13.8. The molecular weight excluding hydrogens is 344 g/mol. The molecule has 1 atom stereocenters. The van der Waals surface area contributed by atoms with Gasteiger partial charge in [-0.3, -0.25) is 4.79 Å². The summed E-state index contributed by atoms with van der Waals surface area (Å²) in [4.78, 5) is 18.2. The molecule has 1 aliphatic heterocycles. The van der Waals surface area contributed by atoms with E-state index in [0.717, 1.165) is 11.9 Å². The lowest BCUT2D eigenvalue weighted by molar-refractivity contribution is -0.135. The largest absolute Gasteiger partial charge is 0.484 e. The van der Waals surface area contributed by atoms with E-state index in [1.807, 2.05) is 22.8 Å². The van der Waals surface area contributed by atoms with Crippen LogP contribution in [0.25, 0.3) is 0 Å². The third-order valence-corrected chi connectivity index (χ3v) is 4.65. The van der Waals surface area contributed by atoms with Crippen molar-refractivity contribution in [3.05, 3.63) is 48.5 Å². The second-order valence-corrected chi connectivity index (χ2v) is 7.78. The smallest absolute Gasteiger partial charge is 0.260 e. The molecule has 9 heteroatoms. The van der Waals surface area contributed by atoms with Gasteiger partial charge >= 0.3 is 0 Å². The van der Waals surface area contributed by atoms with Gasteiger partial charge < -0.3 is 14.2 Å². The minimum absolute atomic E-state index is 0.0651. The first-order valence-electron chi connectivity index (χ1n) is 7.83. The van der Waals surface area contributed by atoms with E-state index in [9.17, 15) is 13.2 Å². The first-order chi connectivity index (χ1) is 11.9. The van der Waals surface area contributed by atoms with Crippen LogP contribution in [-0.4, -0.2) is 54.7 Å². The Labute approximate surface area is 146 Å². The molecule has 1 aromatic heterocycles. The van der Waals surface area contributed by atoms with Gasteiger partial charge in [-0.05, 0) is 12.1 Å². The third-order valence-electron chi connectivity index (χ3n) is 3.96. The highest BCUT2D eigenvalue weighted by Gasteiger charge is 2.28. The SMILES string of the molecule is CS(=O)(=O)NCC1CN(C(=O)COc2ccccc2)Cc2cncn21. The van der Waals surface area contributed by atoms with Crippen molar-refractivity contribution in [3.8, 4) is 5.75 Å². The average molecular weight is 364 g/mol. The Morgan fingerprint density at radius 1 is 1.36 bits per heavy atom. The lowest BCUT2D eigenvalue weighted by atomic mass is 10.2. The van der Waals surface area contributed by atoms with Crippen LogP contribution in [-0.2, 0) is 21.4 Å². The second-order valence-electron chi connectivity index (χ2n) is 5.94. The van der Waals surface area contributed by atoms with Gasteiger partial charge in [-0.15, -0.1) is 0 Å². The summed E-state index contributed by atoms with van der Waals surface area (Å²) in [6, 6.07) is 8.93.